The normalized spacial score (nSPS) is 9.73. The quantitative estimate of drug-likeness (QED) is 0.754. The number of nitrogens with one attached hydrogen (secondary N) is 1. The van der Waals surface area contributed by atoms with E-state index in [4.69, 9.17) is 4.74 Å². The zero-order valence-electron chi connectivity index (χ0n) is 8.63. The fourth-order valence-corrected chi connectivity index (χ4v) is 1.14. The van der Waals surface area contributed by atoms with Gasteiger partial charge < -0.3 is 10.1 Å². The van der Waals surface area contributed by atoms with E-state index in [1.54, 1.807) is 31.4 Å². The van der Waals surface area contributed by atoms with Gasteiger partial charge in [0.05, 0.1) is 13.8 Å². The molecular formula is C11H14FNO2. The summed E-state index contributed by atoms with van der Waals surface area (Å²) in [5, 5.41) is 2.62. The van der Waals surface area contributed by atoms with Gasteiger partial charge in [-0.25, -0.2) is 0 Å². The topological polar surface area (TPSA) is 38.3 Å². The lowest BCUT2D eigenvalue weighted by Gasteiger charge is -2.05. The van der Waals surface area contributed by atoms with E-state index < -0.39 is 6.67 Å². The highest BCUT2D eigenvalue weighted by molar-refractivity contribution is 5.94. The molecule has 15 heavy (non-hydrogen) atoms. The lowest BCUT2D eigenvalue weighted by atomic mass is 10.2. The molecule has 0 bridgehead atoms. The number of methoxy groups -OCH3 is 1. The minimum Gasteiger partial charge on any atom is -0.497 e. The molecule has 0 aromatic heterocycles. The second-order valence-corrected chi connectivity index (χ2v) is 3.03. The van der Waals surface area contributed by atoms with Crippen LogP contribution in [0.2, 0.25) is 0 Å². The molecule has 0 saturated carbocycles. The number of hydrogen-bond donors (Lipinski definition) is 1. The number of alkyl halides is 1. The monoisotopic (exact) mass is 211 g/mol. The van der Waals surface area contributed by atoms with Gasteiger partial charge in [-0.1, -0.05) is 6.07 Å². The van der Waals surface area contributed by atoms with Crippen LogP contribution in [0.4, 0.5) is 4.39 Å². The molecule has 0 atom stereocenters. The molecule has 82 valence electrons. The van der Waals surface area contributed by atoms with Crippen LogP contribution in [0.3, 0.4) is 0 Å². The second-order valence-electron chi connectivity index (χ2n) is 3.03. The van der Waals surface area contributed by atoms with Gasteiger partial charge in [0.2, 0.25) is 0 Å². The number of halogens is 1. The van der Waals surface area contributed by atoms with E-state index in [-0.39, 0.29) is 5.91 Å². The highest BCUT2D eigenvalue weighted by Gasteiger charge is 2.05. The molecule has 0 radical (unpaired) electrons. The van der Waals surface area contributed by atoms with Gasteiger partial charge in [-0.05, 0) is 24.6 Å². The summed E-state index contributed by atoms with van der Waals surface area (Å²) in [6.07, 6.45) is 0.343. The van der Waals surface area contributed by atoms with E-state index in [9.17, 15) is 9.18 Å². The standard InChI is InChI=1S/C11H14FNO2/c1-15-10-5-2-4-9(8-10)11(14)13-7-3-6-12/h2,4-5,8H,3,6-7H2,1H3,(H,13,14). The number of rotatable bonds is 5. The molecule has 0 aliphatic rings. The van der Waals surface area contributed by atoms with E-state index in [0.717, 1.165) is 0 Å². The van der Waals surface area contributed by atoms with Gasteiger partial charge in [-0.15, -0.1) is 0 Å². The Labute approximate surface area is 88.2 Å². The lowest BCUT2D eigenvalue weighted by molar-refractivity contribution is 0.0952. The predicted molar refractivity (Wildman–Crippen MR) is 55.9 cm³/mol. The Morgan fingerprint density at radius 1 is 1.53 bits per heavy atom. The summed E-state index contributed by atoms with van der Waals surface area (Å²) in [7, 11) is 1.54. The maximum Gasteiger partial charge on any atom is 0.251 e. The molecule has 1 aromatic rings. The summed E-state index contributed by atoms with van der Waals surface area (Å²) in [5.41, 5.74) is 0.521. The van der Waals surface area contributed by atoms with Gasteiger partial charge in [-0.3, -0.25) is 9.18 Å². The van der Waals surface area contributed by atoms with Crippen molar-refractivity contribution in [1.29, 1.82) is 0 Å². The fraction of sp³-hybridized carbons (Fsp3) is 0.364. The molecule has 0 spiro atoms. The first-order valence-corrected chi connectivity index (χ1v) is 4.76. The van der Waals surface area contributed by atoms with Crippen LogP contribution < -0.4 is 10.1 Å². The molecule has 1 N–H and O–H groups in total. The average Bonchev–Trinajstić information content (AvgIpc) is 2.29. The molecule has 0 aliphatic carbocycles. The number of ether oxygens (including phenoxy) is 1. The summed E-state index contributed by atoms with van der Waals surface area (Å²) in [4.78, 5) is 11.5. The maximum absolute atomic E-state index is 11.8. The Balaban J connectivity index is 2.57. The predicted octanol–water partition coefficient (Wildman–Crippen LogP) is 1.78. The molecule has 1 aromatic carbocycles. The Morgan fingerprint density at radius 2 is 2.33 bits per heavy atom. The molecule has 0 heterocycles. The third-order valence-corrected chi connectivity index (χ3v) is 1.93. The highest BCUT2D eigenvalue weighted by Crippen LogP contribution is 2.12. The van der Waals surface area contributed by atoms with Crippen LogP contribution in [0.15, 0.2) is 24.3 Å². The van der Waals surface area contributed by atoms with Gasteiger partial charge in [0.1, 0.15) is 5.75 Å². The number of benzene rings is 1. The van der Waals surface area contributed by atoms with Crippen LogP contribution in [0.5, 0.6) is 5.75 Å². The van der Waals surface area contributed by atoms with Crippen molar-refractivity contribution in [2.75, 3.05) is 20.3 Å². The van der Waals surface area contributed by atoms with Crippen molar-refractivity contribution in [2.45, 2.75) is 6.42 Å². The van der Waals surface area contributed by atoms with Crippen molar-refractivity contribution < 1.29 is 13.9 Å². The van der Waals surface area contributed by atoms with Gasteiger partial charge >= 0.3 is 0 Å². The van der Waals surface area contributed by atoms with Crippen LogP contribution >= 0.6 is 0 Å². The first-order chi connectivity index (χ1) is 7.27. The van der Waals surface area contributed by atoms with Crippen LogP contribution in [0, 0.1) is 0 Å². The van der Waals surface area contributed by atoms with Gasteiger partial charge in [-0.2, -0.15) is 0 Å². The Bertz CT molecular complexity index is 328. The Kier molecular flexibility index (Phi) is 4.60. The van der Waals surface area contributed by atoms with E-state index in [1.165, 1.54) is 0 Å². The number of amides is 1. The third kappa shape index (κ3) is 3.58. The van der Waals surface area contributed by atoms with Crippen LogP contribution in [-0.4, -0.2) is 26.2 Å². The minimum atomic E-state index is -0.418. The second kappa shape index (κ2) is 6.01. The van der Waals surface area contributed by atoms with Crippen molar-refractivity contribution in [2.24, 2.45) is 0 Å². The number of carbonyl (C=O) groups excluding carboxylic acids is 1. The molecule has 4 heteroatoms. The number of carbonyl (C=O) groups is 1. The van der Waals surface area contributed by atoms with E-state index in [2.05, 4.69) is 5.32 Å². The average molecular weight is 211 g/mol. The van der Waals surface area contributed by atoms with Crippen molar-refractivity contribution in [1.82, 2.24) is 5.32 Å². The summed E-state index contributed by atoms with van der Waals surface area (Å²) in [5.74, 6) is 0.426. The van der Waals surface area contributed by atoms with E-state index in [0.29, 0.717) is 24.3 Å². The first kappa shape index (κ1) is 11.5. The minimum absolute atomic E-state index is 0.206. The molecule has 0 fully saturated rings. The smallest absolute Gasteiger partial charge is 0.251 e. The van der Waals surface area contributed by atoms with Crippen LogP contribution in [0.25, 0.3) is 0 Å². The zero-order chi connectivity index (χ0) is 11.1. The summed E-state index contributed by atoms with van der Waals surface area (Å²) >= 11 is 0. The Hall–Kier alpha value is -1.58. The van der Waals surface area contributed by atoms with Crippen molar-refractivity contribution in [3.05, 3.63) is 29.8 Å². The van der Waals surface area contributed by atoms with E-state index >= 15 is 0 Å². The van der Waals surface area contributed by atoms with Crippen LogP contribution in [-0.2, 0) is 0 Å². The number of hydrogen-bond acceptors (Lipinski definition) is 2. The zero-order valence-corrected chi connectivity index (χ0v) is 8.63. The molecule has 1 amide bonds. The van der Waals surface area contributed by atoms with Crippen LogP contribution in [0.1, 0.15) is 16.8 Å². The summed E-state index contributed by atoms with van der Waals surface area (Å²) < 4.78 is 16.8. The molecule has 1 rings (SSSR count). The maximum atomic E-state index is 11.8. The van der Waals surface area contributed by atoms with Gasteiger partial charge in [0, 0.05) is 12.1 Å². The van der Waals surface area contributed by atoms with E-state index in [1.807, 2.05) is 0 Å². The molecule has 0 aliphatic heterocycles. The fourth-order valence-electron chi connectivity index (χ4n) is 1.14. The Morgan fingerprint density at radius 3 is 3.00 bits per heavy atom. The third-order valence-electron chi connectivity index (χ3n) is 1.93. The SMILES string of the molecule is COc1cccc(C(=O)NCCCF)c1. The van der Waals surface area contributed by atoms with Gasteiger partial charge in [0.15, 0.2) is 0 Å². The van der Waals surface area contributed by atoms with Crippen molar-refractivity contribution in [3.8, 4) is 5.75 Å². The molecule has 0 saturated heterocycles. The van der Waals surface area contributed by atoms with Crippen molar-refractivity contribution in [3.63, 3.8) is 0 Å². The van der Waals surface area contributed by atoms with Crippen molar-refractivity contribution >= 4 is 5.91 Å². The summed E-state index contributed by atoms with van der Waals surface area (Å²) in [6, 6.07) is 6.83. The summed E-state index contributed by atoms with van der Waals surface area (Å²) in [6.45, 7) is -0.0645. The molecule has 3 nitrogen and oxygen atoms in total. The molecular weight excluding hydrogens is 197 g/mol. The highest BCUT2D eigenvalue weighted by atomic mass is 19.1. The first-order valence-electron chi connectivity index (χ1n) is 4.76. The lowest BCUT2D eigenvalue weighted by Crippen LogP contribution is -2.24. The molecule has 0 unspecified atom stereocenters. The largest absolute Gasteiger partial charge is 0.497 e. The van der Waals surface area contributed by atoms with Gasteiger partial charge in [0.25, 0.3) is 5.91 Å².